The van der Waals surface area contributed by atoms with Gasteiger partial charge in [-0.25, -0.2) is 9.97 Å². The lowest BCUT2D eigenvalue weighted by Crippen LogP contribution is -2.44. The van der Waals surface area contributed by atoms with Gasteiger partial charge in [-0.2, -0.15) is 0 Å². The summed E-state index contributed by atoms with van der Waals surface area (Å²) in [4.78, 5) is 13.8. The van der Waals surface area contributed by atoms with Gasteiger partial charge in [-0.15, -0.1) is 0 Å². The maximum atomic E-state index is 6.10. The van der Waals surface area contributed by atoms with Crippen molar-refractivity contribution < 1.29 is 13.9 Å². The predicted octanol–water partition coefficient (Wildman–Crippen LogP) is 4.14. The summed E-state index contributed by atoms with van der Waals surface area (Å²) in [5.74, 6) is 2.07. The van der Waals surface area contributed by atoms with Crippen molar-refractivity contribution in [3.8, 4) is 11.5 Å². The number of nitrogens with one attached hydrogen (secondary N) is 1. The minimum Gasteiger partial charge on any atom is -0.493 e. The second kappa shape index (κ2) is 9.64. The summed E-state index contributed by atoms with van der Waals surface area (Å²) in [6, 6.07) is 11.7. The summed E-state index contributed by atoms with van der Waals surface area (Å²) < 4.78 is 17.2. The number of hydrogen-bond acceptors (Lipinski definition) is 8. The molecule has 1 aliphatic heterocycles. The van der Waals surface area contributed by atoms with Crippen molar-refractivity contribution in [3.63, 3.8) is 0 Å². The molecule has 0 amide bonds. The molecule has 1 saturated heterocycles. The standard InChI is InChI=1S/C25H29N5O3/c1-29-9-11-30(12-10-29)8-4-13-32-24-16-21-19(15-23(24)31-2)25(27-17-26-21)28-20-5-3-6-22-18(20)7-14-33-22/h3,5-7,14-17H,4,8-13H2,1-2H3,(H,26,27,28). The molecule has 2 aromatic heterocycles. The van der Waals surface area contributed by atoms with Crippen LogP contribution in [0, 0.1) is 0 Å². The number of methoxy groups -OCH3 is 1. The van der Waals surface area contributed by atoms with Crippen LogP contribution in [0.1, 0.15) is 6.42 Å². The van der Waals surface area contributed by atoms with Gasteiger partial charge >= 0.3 is 0 Å². The summed E-state index contributed by atoms with van der Waals surface area (Å²) in [5.41, 5.74) is 2.54. The quantitative estimate of drug-likeness (QED) is 0.404. The number of furan rings is 1. The number of likely N-dealkylation sites (N-methyl/N-ethyl adjacent to an activating group) is 1. The van der Waals surface area contributed by atoms with E-state index < -0.39 is 0 Å². The van der Waals surface area contributed by atoms with E-state index >= 15 is 0 Å². The van der Waals surface area contributed by atoms with Crippen molar-refractivity contribution >= 4 is 33.4 Å². The number of anilines is 2. The van der Waals surface area contributed by atoms with E-state index in [4.69, 9.17) is 13.9 Å². The smallest absolute Gasteiger partial charge is 0.163 e. The van der Waals surface area contributed by atoms with Crippen LogP contribution in [0.3, 0.4) is 0 Å². The maximum Gasteiger partial charge on any atom is 0.163 e. The Morgan fingerprint density at radius 1 is 1.03 bits per heavy atom. The zero-order valence-electron chi connectivity index (χ0n) is 19.1. The first-order valence-electron chi connectivity index (χ1n) is 11.3. The highest BCUT2D eigenvalue weighted by Crippen LogP contribution is 2.35. The van der Waals surface area contributed by atoms with Crippen molar-refractivity contribution in [1.82, 2.24) is 19.8 Å². The summed E-state index contributed by atoms with van der Waals surface area (Å²) in [6.45, 7) is 6.17. The molecular formula is C25H29N5O3. The van der Waals surface area contributed by atoms with Crippen LogP contribution < -0.4 is 14.8 Å². The fourth-order valence-electron chi connectivity index (χ4n) is 4.21. The van der Waals surface area contributed by atoms with Gasteiger partial charge in [0.05, 0.1) is 31.2 Å². The third-order valence-electron chi connectivity index (χ3n) is 6.14. The van der Waals surface area contributed by atoms with Crippen LogP contribution in [0.15, 0.2) is 53.4 Å². The monoisotopic (exact) mass is 447 g/mol. The third-order valence-corrected chi connectivity index (χ3v) is 6.14. The van der Waals surface area contributed by atoms with Gasteiger partial charge in [-0.3, -0.25) is 0 Å². The van der Waals surface area contributed by atoms with Crippen LogP contribution in [0.25, 0.3) is 21.9 Å². The Kier molecular flexibility index (Phi) is 6.28. The minimum absolute atomic E-state index is 0.632. The Morgan fingerprint density at radius 3 is 2.76 bits per heavy atom. The average molecular weight is 448 g/mol. The summed E-state index contributed by atoms with van der Waals surface area (Å²) >= 11 is 0. The molecule has 8 nitrogen and oxygen atoms in total. The molecule has 8 heteroatoms. The molecule has 4 aromatic rings. The molecule has 172 valence electrons. The van der Waals surface area contributed by atoms with Gasteiger partial charge in [0.2, 0.25) is 0 Å². The van der Waals surface area contributed by atoms with Gasteiger partial charge in [-0.05, 0) is 37.7 Å². The lowest BCUT2D eigenvalue weighted by atomic mass is 10.2. The van der Waals surface area contributed by atoms with E-state index in [1.165, 1.54) is 0 Å². The van der Waals surface area contributed by atoms with Crippen molar-refractivity contribution in [1.29, 1.82) is 0 Å². The van der Waals surface area contributed by atoms with E-state index in [1.54, 1.807) is 19.7 Å². The maximum absolute atomic E-state index is 6.10. The lowest BCUT2D eigenvalue weighted by molar-refractivity contribution is 0.145. The molecule has 0 spiro atoms. The molecule has 0 radical (unpaired) electrons. The van der Waals surface area contributed by atoms with Crippen molar-refractivity contribution in [2.24, 2.45) is 0 Å². The summed E-state index contributed by atoms with van der Waals surface area (Å²) in [5, 5.41) is 5.28. The number of rotatable bonds is 8. The third kappa shape index (κ3) is 4.72. The molecular weight excluding hydrogens is 418 g/mol. The number of benzene rings is 2. The molecule has 1 aliphatic rings. The van der Waals surface area contributed by atoms with Crippen LogP contribution in [-0.2, 0) is 0 Å². The van der Waals surface area contributed by atoms with Gasteiger partial charge in [0.1, 0.15) is 17.7 Å². The zero-order valence-corrected chi connectivity index (χ0v) is 19.1. The molecule has 5 rings (SSSR count). The first-order chi connectivity index (χ1) is 16.2. The van der Waals surface area contributed by atoms with Gasteiger partial charge in [0.15, 0.2) is 11.5 Å². The van der Waals surface area contributed by atoms with Crippen LogP contribution in [0.4, 0.5) is 11.5 Å². The van der Waals surface area contributed by atoms with Gasteiger partial charge in [0, 0.05) is 49.6 Å². The number of ether oxygens (including phenoxy) is 2. The van der Waals surface area contributed by atoms with Gasteiger partial charge in [-0.1, -0.05) is 6.07 Å². The highest BCUT2D eigenvalue weighted by Gasteiger charge is 2.15. The van der Waals surface area contributed by atoms with Crippen LogP contribution >= 0.6 is 0 Å². The Labute approximate surface area is 193 Å². The molecule has 0 unspecified atom stereocenters. The SMILES string of the molecule is COc1cc2c(Nc3cccc4occc34)ncnc2cc1OCCCN1CCN(C)CC1. The predicted molar refractivity (Wildman–Crippen MR) is 130 cm³/mol. The molecule has 0 atom stereocenters. The number of fused-ring (bicyclic) bond motifs is 2. The van der Waals surface area contributed by atoms with Crippen molar-refractivity contribution in [3.05, 3.63) is 49.0 Å². The first-order valence-corrected chi connectivity index (χ1v) is 11.3. The van der Waals surface area contributed by atoms with E-state index in [-0.39, 0.29) is 0 Å². The Bertz CT molecular complexity index is 1230. The molecule has 2 aromatic carbocycles. The minimum atomic E-state index is 0.632. The van der Waals surface area contributed by atoms with Crippen molar-refractivity contribution in [2.45, 2.75) is 6.42 Å². The van der Waals surface area contributed by atoms with Crippen LogP contribution in [0.5, 0.6) is 11.5 Å². The Balaban J connectivity index is 1.31. The molecule has 1 fully saturated rings. The van der Waals surface area contributed by atoms with Gasteiger partial charge in [0.25, 0.3) is 0 Å². The highest BCUT2D eigenvalue weighted by atomic mass is 16.5. The van der Waals surface area contributed by atoms with E-state index in [0.29, 0.717) is 23.9 Å². The molecule has 3 heterocycles. The Morgan fingerprint density at radius 2 is 1.91 bits per heavy atom. The molecule has 0 bridgehead atoms. The highest BCUT2D eigenvalue weighted by molar-refractivity contribution is 5.97. The van der Waals surface area contributed by atoms with E-state index in [1.807, 2.05) is 36.4 Å². The molecule has 0 aliphatic carbocycles. The average Bonchev–Trinajstić information content (AvgIpc) is 3.33. The van der Waals surface area contributed by atoms with Gasteiger partial charge < -0.3 is 29.0 Å². The molecule has 33 heavy (non-hydrogen) atoms. The number of nitrogens with zero attached hydrogens (tertiary/aromatic N) is 4. The van der Waals surface area contributed by atoms with Crippen LogP contribution in [-0.4, -0.2) is 73.3 Å². The van der Waals surface area contributed by atoms with E-state index in [2.05, 4.69) is 32.1 Å². The molecule has 1 N–H and O–H groups in total. The van der Waals surface area contributed by atoms with Crippen molar-refractivity contribution in [2.75, 3.05) is 58.8 Å². The summed E-state index contributed by atoms with van der Waals surface area (Å²) in [6.07, 6.45) is 4.21. The number of hydrogen-bond donors (Lipinski definition) is 1. The van der Waals surface area contributed by atoms with E-state index in [9.17, 15) is 0 Å². The topological polar surface area (TPSA) is 75.9 Å². The summed E-state index contributed by atoms with van der Waals surface area (Å²) in [7, 11) is 3.83. The lowest BCUT2D eigenvalue weighted by Gasteiger charge is -2.32. The largest absolute Gasteiger partial charge is 0.493 e. The molecule has 0 saturated carbocycles. The first kappa shape index (κ1) is 21.5. The fraction of sp³-hybridized carbons (Fsp3) is 0.360. The van der Waals surface area contributed by atoms with E-state index in [0.717, 1.165) is 66.7 Å². The zero-order chi connectivity index (χ0) is 22.6. The fourth-order valence-corrected chi connectivity index (χ4v) is 4.21. The number of aromatic nitrogens is 2. The van der Waals surface area contributed by atoms with Crippen LogP contribution in [0.2, 0.25) is 0 Å². The second-order valence-electron chi connectivity index (χ2n) is 8.35. The normalized spacial score (nSPS) is 15.2. The Hall–Kier alpha value is -3.36. The second-order valence-corrected chi connectivity index (χ2v) is 8.35. The number of piperazine rings is 1.